The van der Waals surface area contributed by atoms with E-state index < -0.39 is 0 Å². The molecule has 0 amide bonds. The summed E-state index contributed by atoms with van der Waals surface area (Å²) >= 11 is 5.46. The highest BCUT2D eigenvalue weighted by Gasteiger charge is 2.30. The Morgan fingerprint density at radius 1 is 1.28 bits per heavy atom. The minimum atomic E-state index is 0.243. The number of aryl methyl sites for hydroxylation is 1. The molecule has 1 aromatic heterocycles. The molecule has 1 saturated carbocycles. The summed E-state index contributed by atoms with van der Waals surface area (Å²) in [6.45, 7) is 2.13. The summed E-state index contributed by atoms with van der Waals surface area (Å²) < 4.78 is 1.15. The lowest BCUT2D eigenvalue weighted by Crippen LogP contribution is -2.10. The molecule has 3 heteroatoms. The number of nitrogens with two attached hydrogens (primary N) is 1. The van der Waals surface area contributed by atoms with E-state index in [0.717, 1.165) is 10.4 Å². The van der Waals surface area contributed by atoms with Crippen molar-refractivity contribution in [2.75, 3.05) is 0 Å². The van der Waals surface area contributed by atoms with Gasteiger partial charge in [-0.1, -0.05) is 27.6 Å². The summed E-state index contributed by atoms with van der Waals surface area (Å²) in [4.78, 5) is 2.62. The summed E-state index contributed by atoms with van der Waals surface area (Å²) in [7, 11) is 0. The van der Waals surface area contributed by atoms with Crippen LogP contribution in [0.1, 0.15) is 29.3 Å². The van der Waals surface area contributed by atoms with E-state index in [4.69, 9.17) is 5.73 Å². The Morgan fingerprint density at radius 3 is 2.78 bits per heavy atom. The standard InChI is InChI=1S/C15H16BrNS/c1-9-2-5-12(16)11(8-9)13-6-7-14(18-13)15(17)10-3-4-10/h2,5-8,10,15H,3-4,17H2,1H3. The van der Waals surface area contributed by atoms with Crippen LogP contribution in [0.3, 0.4) is 0 Å². The Bertz CT molecular complexity index is 572. The van der Waals surface area contributed by atoms with Crippen LogP contribution < -0.4 is 5.73 Å². The first-order chi connectivity index (χ1) is 8.65. The third-order valence-corrected chi connectivity index (χ3v) is 5.38. The zero-order chi connectivity index (χ0) is 12.7. The molecule has 1 aliphatic rings. The van der Waals surface area contributed by atoms with Crippen molar-refractivity contribution in [3.63, 3.8) is 0 Å². The highest BCUT2D eigenvalue weighted by molar-refractivity contribution is 9.10. The molecule has 0 aliphatic heterocycles. The van der Waals surface area contributed by atoms with Crippen LogP contribution in [0.4, 0.5) is 0 Å². The third kappa shape index (κ3) is 2.40. The topological polar surface area (TPSA) is 26.0 Å². The zero-order valence-corrected chi connectivity index (χ0v) is 12.7. The molecule has 2 N–H and O–H groups in total. The van der Waals surface area contributed by atoms with E-state index >= 15 is 0 Å². The van der Waals surface area contributed by atoms with Gasteiger partial charge in [-0.2, -0.15) is 0 Å². The molecule has 1 fully saturated rings. The molecule has 1 unspecified atom stereocenters. The van der Waals surface area contributed by atoms with Gasteiger partial charge in [0.25, 0.3) is 0 Å². The molecule has 1 nitrogen and oxygen atoms in total. The Hall–Kier alpha value is -0.640. The van der Waals surface area contributed by atoms with Gasteiger partial charge in [0.2, 0.25) is 0 Å². The third-order valence-electron chi connectivity index (χ3n) is 3.47. The first-order valence-corrected chi connectivity index (χ1v) is 7.88. The van der Waals surface area contributed by atoms with Gasteiger partial charge in [-0.15, -0.1) is 11.3 Å². The molecular formula is C15H16BrNS. The normalized spacial score (nSPS) is 16.8. The fourth-order valence-corrected chi connectivity index (χ4v) is 3.92. The number of thiophene rings is 1. The second-order valence-corrected chi connectivity index (χ2v) is 7.02. The van der Waals surface area contributed by atoms with Crippen LogP contribution in [-0.4, -0.2) is 0 Å². The van der Waals surface area contributed by atoms with Crippen LogP contribution in [0.15, 0.2) is 34.8 Å². The lowest BCUT2D eigenvalue weighted by Gasteiger charge is -2.07. The lowest BCUT2D eigenvalue weighted by molar-refractivity contribution is 0.645. The molecule has 0 saturated heterocycles. The van der Waals surface area contributed by atoms with Gasteiger partial charge < -0.3 is 5.73 Å². The van der Waals surface area contributed by atoms with Crippen molar-refractivity contribution in [2.24, 2.45) is 11.7 Å². The van der Waals surface area contributed by atoms with Gasteiger partial charge in [-0.3, -0.25) is 0 Å². The van der Waals surface area contributed by atoms with Gasteiger partial charge in [0.15, 0.2) is 0 Å². The van der Waals surface area contributed by atoms with Crippen LogP contribution in [0, 0.1) is 12.8 Å². The lowest BCUT2D eigenvalue weighted by atomic mass is 10.1. The van der Waals surface area contributed by atoms with Gasteiger partial charge in [0.1, 0.15) is 0 Å². The molecule has 1 aromatic carbocycles. The molecule has 1 heterocycles. The van der Waals surface area contributed by atoms with Crippen molar-refractivity contribution in [1.82, 2.24) is 0 Å². The summed E-state index contributed by atoms with van der Waals surface area (Å²) in [5, 5.41) is 0. The minimum Gasteiger partial charge on any atom is -0.323 e. The molecule has 0 spiro atoms. The molecule has 1 aliphatic carbocycles. The molecule has 3 rings (SSSR count). The van der Waals surface area contributed by atoms with E-state index in [0.29, 0.717) is 0 Å². The van der Waals surface area contributed by atoms with E-state index in [1.54, 1.807) is 0 Å². The maximum atomic E-state index is 6.26. The predicted octanol–water partition coefficient (Wildman–Crippen LogP) is 4.90. The molecular weight excluding hydrogens is 306 g/mol. The fraction of sp³-hybridized carbons (Fsp3) is 0.333. The van der Waals surface area contributed by atoms with Crippen molar-refractivity contribution in [3.8, 4) is 10.4 Å². The van der Waals surface area contributed by atoms with Crippen LogP contribution in [0.5, 0.6) is 0 Å². The van der Waals surface area contributed by atoms with Crippen LogP contribution in [0.25, 0.3) is 10.4 Å². The molecule has 18 heavy (non-hydrogen) atoms. The molecule has 1 atom stereocenters. The van der Waals surface area contributed by atoms with Crippen molar-refractivity contribution in [1.29, 1.82) is 0 Å². The second-order valence-electron chi connectivity index (χ2n) is 5.05. The number of hydrogen-bond acceptors (Lipinski definition) is 2. The SMILES string of the molecule is Cc1ccc(Br)c(-c2ccc(C(N)C3CC3)s2)c1. The Balaban J connectivity index is 1.94. The van der Waals surface area contributed by atoms with Gasteiger partial charge in [0, 0.05) is 25.8 Å². The molecule has 94 valence electrons. The molecule has 0 radical (unpaired) electrons. The van der Waals surface area contributed by atoms with Crippen LogP contribution in [0.2, 0.25) is 0 Å². The van der Waals surface area contributed by atoms with E-state index in [1.807, 2.05) is 11.3 Å². The van der Waals surface area contributed by atoms with E-state index in [2.05, 4.69) is 53.2 Å². The van der Waals surface area contributed by atoms with Crippen molar-refractivity contribution in [3.05, 3.63) is 45.2 Å². The first kappa shape index (κ1) is 12.4. The summed E-state index contributed by atoms with van der Waals surface area (Å²) in [5.74, 6) is 0.720. The summed E-state index contributed by atoms with van der Waals surface area (Å²) in [6, 6.07) is 11.1. The Morgan fingerprint density at radius 2 is 2.06 bits per heavy atom. The van der Waals surface area contributed by atoms with Crippen LogP contribution in [-0.2, 0) is 0 Å². The van der Waals surface area contributed by atoms with Crippen molar-refractivity contribution >= 4 is 27.3 Å². The number of benzene rings is 1. The molecule has 2 aromatic rings. The zero-order valence-electron chi connectivity index (χ0n) is 10.3. The molecule has 0 bridgehead atoms. The summed E-state index contributed by atoms with van der Waals surface area (Å²) in [6.07, 6.45) is 2.59. The van der Waals surface area contributed by atoms with Crippen molar-refractivity contribution in [2.45, 2.75) is 25.8 Å². The van der Waals surface area contributed by atoms with Gasteiger partial charge >= 0.3 is 0 Å². The average molecular weight is 322 g/mol. The smallest absolute Gasteiger partial charge is 0.0418 e. The Kier molecular flexibility index (Phi) is 3.31. The highest BCUT2D eigenvalue weighted by atomic mass is 79.9. The highest BCUT2D eigenvalue weighted by Crippen LogP contribution is 2.43. The van der Waals surface area contributed by atoms with E-state index in [1.165, 1.54) is 33.7 Å². The number of halogens is 1. The maximum absolute atomic E-state index is 6.26. The fourth-order valence-electron chi connectivity index (χ4n) is 2.19. The first-order valence-electron chi connectivity index (χ1n) is 6.27. The average Bonchev–Trinajstić information content (AvgIpc) is 3.09. The van der Waals surface area contributed by atoms with Gasteiger partial charge in [0.05, 0.1) is 0 Å². The second kappa shape index (κ2) is 4.80. The monoisotopic (exact) mass is 321 g/mol. The van der Waals surface area contributed by atoms with Gasteiger partial charge in [-0.05, 0) is 49.9 Å². The number of hydrogen-bond donors (Lipinski definition) is 1. The number of rotatable bonds is 3. The minimum absolute atomic E-state index is 0.243. The van der Waals surface area contributed by atoms with Crippen molar-refractivity contribution < 1.29 is 0 Å². The quantitative estimate of drug-likeness (QED) is 0.855. The summed E-state index contributed by atoms with van der Waals surface area (Å²) in [5.41, 5.74) is 8.82. The van der Waals surface area contributed by atoms with E-state index in [-0.39, 0.29) is 6.04 Å². The van der Waals surface area contributed by atoms with Crippen LogP contribution >= 0.6 is 27.3 Å². The van der Waals surface area contributed by atoms with Gasteiger partial charge in [-0.25, -0.2) is 0 Å². The predicted molar refractivity (Wildman–Crippen MR) is 81.8 cm³/mol. The Labute approximate surface area is 120 Å². The largest absolute Gasteiger partial charge is 0.323 e. The maximum Gasteiger partial charge on any atom is 0.0418 e. The van der Waals surface area contributed by atoms with E-state index in [9.17, 15) is 0 Å².